The van der Waals surface area contributed by atoms with E-state index >= 15 is 0 Å². The van der Waals surface area contributed by atoms with Crippen molar-refractivity contribution in [3.05, 3.63) is 35.9 Å². The maximum Gasteiger partial charge on any atom is 0.227 e. The first-order chi connectivity index (χ1) is 12.9. The van der Waals surface area contributed by atoms with E-state index in [4.69, 9.17) is 0 Å². The van der Waals surface area contributed by atoms with Crippen molar-refractivity contribution in [2.45, 2.75) is 25.8 Å². The molecular weight excluding hydrogens is 364 g/mol. The quantitative estimate of drug-likeness (QED) is 0.772. The zero-order valence-electron chi connectivity index (χ0n) is 16.0. The van der Waals surface area contributed by atoms with Gasteiger partial charge in [0.05, 0.1) is 30.6 Å². The van der Waals surface area contributed by atoms with Gasteiger partial charge in [-0.05, 0) is 17.4 Å². The minimum Gasteiger partial charge on any atom is -0.394 e. The fourth-order valence-electron chi connectivity index (χ4n) is 4.40. The molecular formula is C20H30N2O4S. The molecule has 0 spiro atoms. The third-order valence-electron chi connectivity index (χ3n) is 6.07. The van der Waals surface area contributed by atoms with Gasteiger partial charge in [0.1, 0.15) is 0 Å². The van der Waals surface area contributed by atoms with Gasteiger partial charge in [-0.2, -0.15) is 0 Å². The number of rotatable bonds is 6. The molecule has 2 saturated heterocycles. The molecule has 27 heavy (non-hydrogen) atoms. The molecule has 0 saturated carbocycles. The predicted octanol–water partition coefficient (Wildman–Crippen LogP) is 0.805. The fourth-order valence-corrected chi connectivity index (χ4v) is 5.67. The van der Waals surface area contributed by atoms with Gasteiger partial charge in [0.25, 0.3) is 0 Å². The summed E-state index contributed by atoms with van der Waals surface area (Å²) in [4.78, 5) is 16.9. The Morgan fingerprint density at radius 3 is 2.44 bits per heavy atom. The van der Waals surface area contributed by atoms with Crippen LogP contribution < -0.4 is 0 Å². The number of carbonyl (C=O) groups excluding carboxylic acids is 1. The number of carbonyl (C=O) groups is 1. The van der Waals surface area contributed by atoms with Gasteiger partial charge in [-0.1, -0.05) is 43.7 Å². The van der Waals surface area contributed by atoms with Crippen LogP contribution in [-0.4, -0.2) is 79.6 Å². The summed E-state index contributed by atoms with van der Waals surface area (Å²) in [6, 6.07) is 9.50. The highest BCUT2D eigenvalue weighted by molar-refractivity contribution is 7.91. The summed E-state index contributed by atoms with van der Waals surface area (Å²) in [6.45, 7) is 4.58. The molecule has 0 radical (unpaired) electrons. The number of nitrogens with zero attached hydrogens (tertiary/aromatic N) is 2. The van der Waals surface area contributed by atoms with E-state index in [-0.39, 0.29) is 36.0 Å². The van der Waals surface area contributed by atoms with Crippen LogP contribution in [0.15, 0.2) is 30.3 Å². The molecule has 6 nitrogen and oxygen atoms in total. The molecule has 0 aromatic heterocycles. The van der Waals surface area contributed by atoms with Crippen LogP contribution in [0.25, 0.3) is 0 Å². The molecule has 0 unspecified atom stereocenters. The number of hydrogen-bond acceptors (Lipinski definition) is 5. The lowest BCUT2D eigenvalue weighted by molar-refractivity contribution is -0.132. The van der Waals surface area contributed by atoms with Crippen LogP contribution in [0, 0.1) is 11.8 Å². The minimum absolute atomic E-state index is 0.0478. The number of amides is 1. The number of likely N-dealkylation sites (tertiary alicyclic amines) is 1. The van der Waals surface area contributed by atoms with E-state index in [2.05, 4.69) is 11.8 Å². The number of aliphatic hydroxyl groups excluding tert-OH is 1. The zero-order valence-corrected chi connectivity index (χ0v) is 16.8. The highest BCUT2D eigenvalue weighted by atomic mass is 32.2. The molecule has 1 aromatic carbocycles. The van der Waals surface area contributed by atoms with Gasteiger partial charge in [-0.15, -0.1) is 0 Å². The zero-order chi connectivity index (χ0) is 19.4. The standard InChI is InChI=1S/C20H30N2O4S/c1-2-17-13-22(20(24)12-16-6-4-3-5-7-16)19(15-23)18(17)14-21-8-10-27(25,26)11-9-21/h3-7,17-19,23H,2,8-15H2,1H3/t17-,18-,19-/m1/s1. The van der Waals surface area contributed by atoms with E-state index in [1.807, 2.05) is 35.2 Å². The van der Waals surface area contributed by atoms with Gasteiger partial charge in [0.15, 0.2) is 9.84 Å². The largest absolute Gasteiger partial charge is 0.394 e. The third-order valence-corrected chi connectivity index (χ3v) is 7.68. The SMILES string of the molecule is CC[C@@H]1CN(C(=O)Cc2ccccc2)[C@H](CO)[C@@H]1CN1CCS(=O)(=O)CC1. The Bertz CT molecular complexity index is 724. The van der Waals surface area contributed by atoms with Crippen LogP contribution in [0.5, 0.6) is 0 Å². The Morgan fingerprint density at radius 2 is 1.85 bits per heavy atom. The van der Waals surface area contributed by atoms with Gasteiger partial charge in [-0.3, -0.25) is 4.79 Å². The van der Waals surface area contributed by atoms with Crippen LogP contribution in [0.3, 0.4) is 0 Å². The highest BCUT2D eigenvalue weighted by Crippen LogP contribution is 2.33. The smallest absolute Gasteiger partial charge is 0.227 e. The summed E-state index contributed by atoms with van der Waals surface area (Å²) >= 11 is 0. The first-order valence-electron chi connectivity index (χ1n) is 9.80. The van der Waals surface area contributed by atoms with Crippen molar-refractivity contribution in [3.63, 3.8) is 0 Å². The molecule has 0 aliphatic carbocycles. The molecule has 1 N–H and O–H groups in total. The number of benzene rings is 1. The summed E-state index contributed by atoms with van der Waals surface area (Å²) in [5, 5.41) is 10.0. The Morgan fingerprint density at radius 1 is 1.19 bits per heavy atom. The minimum atomic E-state index is -2.90. The van der Waals surface area contributed by atoms with E-state index in [1.165, 1.54) is 0 Å². The van der Waals surface area contributed by atoms with Crippen molar-refractivity contribution >= 4 is 15.7 Å². The van der Waals surface area contributed by atoms with Crippen LogP contribution in [0.4, 0.5) is 0 Å². The Balaban J connectivity index is 1.68. The lowest BCUT2D eigenvalue weighted by Crippen LogP contribution is -2.47. The van der Waals surface area contributed by atoms with Crippen LogP contribution in [-0.2, 0) is 21.1 Å². The predicted molar refractivity (Wildman–Crippen MR) is 105 cm³/mol. The molecule has 1 amide bonds. The Kier molecular flexibility index (Phi) is 6.55. The molecule has 2 fully saturated rings. The van der Waals surface area contributed by atoms with E-state index in [9.17, 15) is 18.3 Å². The molecule has 150 valence electrons. The first kappa shape index (κ1) is 20.3. The van der Waals surface area contributed by atoms with Crippen molar-refractivity contribution in [1.82, 2.24) is 9.80 Å². The second kappa shape index (κ2) is 8.71. The second-order valence-corrected chi connectivity index (χ2v) is 10.0. The van der Waals surface area contributed by atoms with E-state index in [0.717, 1.165) is 18.5 Å². The fraction of sp³-hybridized carbons (Fsp3) is 0.650. The molecule has 0 bridgehead atoms. The summed E-state index contributed by atoms with van der Waals surface area (Å²) in [5.41, 5.74) is 0.983. The van der Waals surface area contributed by atoms with Crippen molar-refractivity contribution in [3.8, 4) is 0 Å². The summed E-state index contributed by atoms with van der Waals surface area (Å²) in [5.74, 6) is 0.983. The summed E-state index contributed by atoms with van der Waals surface area (Å²) in [6.07, 6.45) is 1.30. The van der Waals surface area contributed by atoms with Gasteiger partial charge in [0, 0.05) is 26.2 Å². The van der Waals surface area contributed by atoms with Crippen LogP contribution in [0.2, 0.25) is 0 Å². The van der Waals surface area contributed by atoms with E-state index in [1.54, 1.807) is 0 Å². The van der Waals surface area contributed by atoms with Crippen molar-refractivity contribution in [2.75, 3.05) is 44.3 Å². The highest BCUT2D eigenvalue weighted by Gasteiger charge is 2.43. The molecule has 2 heterocycles. The maximum atomic E-state index is 12.9. The lowest BCUT2D eigenvalue weighted by atomic mass is 9.88. The van der Waals surface area contributed by atoms with E-state index in [0.29, 0.717) is 32.0 Å². The first-order valence-corrected chi connectivity index (χ1v) is 11.6. The number of hydrogen-bond donors (Lipinski definition) is 1. The topological polar surface area (TPSA) is 77.9 Å². The van der Waals surface area contributed by atoms with Crippen molar-refractivity contribution in [1.29, 1.82) is 0 Å². The van der Waals surface area contributed by atoms with Gasteiger partial charge in [-0.25, -0.2) is 8.42 Å². The molecule has 3 atom stereocenters. The summed E-state index contributed by atoms with van der Waals surface area (Å²) < 4.78 is 23.3. The van der Waals surface area contributed by atoms with Crippen molar-refractivity contribution < 1.29 is 18.3 Å². The van der Waals surface area contributed by atoms with Gasteiger partial charge < -0.3 is 14.9 Å². The average molecular weight is 395 g/mol. The maximum absolute atomic E-state index is 12.9. The molecule has 1 aromatic rings. The number of aliphatic hydroxyl groups is 1. The van der Waals surface area contributed by atoms with Gasteiger partial charge >= 0.3 is 0 Å². The van der Waals surface area contributed by atoms with Crippen LogP contribution in [0.1, 0.15) is 18.9 Å². The number of sulfone groups is 1. The molecule has 7 heteroatoms. The lowest BCUT2D eigenvalue weighted by Gasteiger charge is -2.33. The monoisotopic (exact) mass is 394 g/mol. The third kappa shape index (κ3) is 4.89. The van der Waals surface area contributed by atoms with Crippen molar-refractivity contribution in [2.24, 2.45) is 11.8 Å². The van der Waals surface area contributed by atoms with Gasteiger partial charge in [0.2, 0.25) is 5.91 Å². The Hall–Kier alpha value is -1.44. The molecule has 3 rings (SSSR count). The van der Waals surface area contributed by atoms with E-state index < -0.39 is 9.84 Å². The summed E-state index contributed by atoms with van der Waals surface area (Å²) in [7, 11) is -2.90. The average Bonchev–Trinajstić information content (AvgIpc) is 3.01. The van der Waals surface area contributed by atoms with Crippen LogP contribution >= 0.6 is 0 Å². The Labute approximate surface area is 162 Å². The second-order valence-electron chi connectivity index (χ2n) is 7.74. The normalized spacial score (nSPS) is 28.4. The molecule has 2 aliphatic heterocycles. The molecule has 2 aliphatic rings.